The topological polar surface area (TPSA) is 51.4 Å². The lowest BCUT2D eigenvalue weighted by Crippen LogP contribution is -2.28. The third-order valence-electron chi connectivity index (χ3n) is 4.79. The third kappa shape index (κ3) is 4.64. The van der Waals surface area contributed by atoms with Crippen LogP contribution in [0.15, 0.2) is 36.5 Å². The van der Waals surface area contributed by atoms with E-state index in [0.717, 1.165) is 42.2 Å². The molecule has 0 bridgehead atoms. The van der Waals surface area contributed by atoms with Crippen molar-refractivity contribution < 1.29 is 4.74 Å². The van der Waals surface area contributed by atoms with Gasteiger partial charge in [0.1, 0.15) is 5.75 Å². The molecule has 1 aromatic heterocycles. The molecule has 3 rings (SSSR count). The molecule has 1 saturated heterocycles. The maximum absolute atomic E-state index is 6.39. The fourth-order valence-electron chi connectivity index (χ4n) is 3.54. The molecule has 0 unspecified atom stereocenters. The summed E-state index contributed by atoms with van der Waals surface area (Å²) in [5.41, 5.74) is 11.0. The lowest BCUT2D eigenvalue weighted by atomic mass is 9.95. The molecular formula is C19H27Cl2N3O. The van der Waals surface area contributed by atoms with E-state index >= 15 is 0 Å². The fraction of sp³-hybridized carbons (Fsp3) is 0.421. The van der Waals surface area contributed by atoms with Gasteiger partial charge in [0.2, 0.25) is 0 Å². The Morgan fingerprint density at radius 1 is 1.16 bits per heavy atom. The second kappa shape index (κ2) is 9.39. The lowest BCUT2D eigenvalue weighted by molar-refractivity contribution is 0.317. The molecule has 6 heteroatoms. The Labute approximate surface area is 162 Å². The number of likely N-dealkylation sites (tertiary alicyclic amines) is 1. The normalized spacial score (nSPS) is 19.8. The first-order valence-corrected chi connectivity index (χ1v) is 8.12. The van der Waals surface area contributed by atoms with E-state index in [1.807, 2.05) is 19.2 Å². The monoisotopic (exact) mass is 383 g/mol. The zero-order chi connectivity index (χ0) is 16.4. The average molecular weight is 384 g/mol. The maximum atomic E-state index is 6.39. The van der Waals surface area contributed by atoms with Gasteiger partial charge in [-0.15, -0.1) is 24.8 Å². The summed E-state index contributed by atoms with van der Waals surface area (Å²) in [4.78, 5) is 7.01. The molecule has 0 saturated carbocycles. The molecule has 2 aromatic rings. The molecule has 1 aromatic carbocycles. The summed E-state index contributed by atoms with van der Waals surface area (Å²) in [6.07, 6.45) is 1.89. The van der Waals surface area contributed by atoms with Crippen LogP contribution in [-0.4, -0.2) is 36.1 Å². The Kier molecular flexibility index (Phi) is 8.16. The molecule has 0 spiro atoms. The van der Waals surface area contributed by atoms with Crippen molar-refractivity contribution in [3.63, 3.8) is 0 Å². The molecule has 0 amide bonds. The van der Waals surface area contributed by atoms with E-state index in [1.54, 1.807) is 7.11 Å². The van der Waals surface area contributed by atoms with Gasteiger partial charge in [-0.2, -0.15) is 0 Å². The van der Waals surface area contributed by atoms with Crippen molar-refractivity contribution in [3.8, 4) is 5.75 Å². The number of benzene rings is 1. The predicted molar refractivity (Wildman–Crippen MR) is 107 cm³/mol. The van der Waals surface area contributed by atoms with Crippen LogP contribution in [0.1, 0.15) is 28.3 Å². The van der Waals surface area contributed by atoms with E-state index in [2.05, 4.69) is 41.1 Å². The molecule has 1 aliphatic heterocycles. The van der Waals surface area contributed by atoms with Crippen molar-refractivity contribution >= 4 is 24.8 Å². The van der Waals surface area contributed by atoms with Crippen LogP contribution in [0, 0.1) is 13.8 Å². The highest BCUT2D eigenvalue weighted by Gasteiger charge is 2.31. The van der Waals surface area contributed by atoms with E-state index in [0.29, 0.717) is 5.92 Å². The highest BCUT2D eigenvalue weighted by molar-refractivity contribution is 5.85. The lowest BCUT2D eigenvalue weighted by Gasteiger charge is -2.18. The second-order valence-corrected chi connectivity index (χ2v) is 6.42. The van der Waals surface area contributed by atoms with Gasteiger partial charge in [-0.05, 0) is 19.4 Å². The van der Waals surface area contributed by atoms with E-state index in [1.165, 1.54) is 5.56 Å². The summed E-state index contributed by atoms with van der Waals surface area (Å²) < 4.78 is 5.51. The Hall–Kier alpha value is -1.33. The number of hydrogen-bond acceptors (Lipinski definition) is 4. The number of aromatic nitrogens is 1. The van der Waals surface area contributed by atoms with E-state index < -0.39 is 0 Å². The zero-order valence-electron chi connectivity index (χ0n) is 14.9. The van der Waals surface area contributed by atoms with Crippen molar-refractivity contribution in [1.29, 1.82) is 0 Å². The number of rotatable bonds is 4. The van der Waals surface area contributed by atoms with Crippen LogP contribution in [0.2, 0.25) is 0 Å². The SMILES string of the molecule is COc1c(C)cnc(CN2C[C@@H](N)[C@H](c3ccccc3)C2)c1C.Cl.Cl. The first-order chi connectivity index (χ1) is 11.1. The Bertz CT molecular complexity index is 682. The molecule has 2 atom stereocenters. The van der Waals surface area contributed by atoms with Crippen molar-refractivity contribution in [2.24, 2.45) is 5.73 Å². The summed E-state index contributed by atoms with van der Waals surface area (Å²) in [5.74, 6) is 1.34. The molecular weight excluding hydrogens is 357 g/mol. The van der Waals surface area contributed by atoms with Crippen LogP contribution >= 0.6 is 24.8 Å². The summed E-state index contributed by atoms with van der Waals surface area (Å²) in [5, 5.41) is 0. The van der Waals surface area contributed by atoms with Gasteiger partial charge in [0.15, 0.2) is 0 Å². The maximum Gasteiger partial charge on any atom is 0.128 e. The van der Waals surface area contributed by atoms with Gasteiger partial charge in [0, 0.05) is 48.9 Å². The van der Waals surface area contributed by atoms with Crippen LogP contribution in [0.4, 0.5) is 0 Å². The molecule has 138 valence electrons. The van der Waals surface area contributed by atoms with Crippen LogP contribution in [0.5, 0.6) is 5.75 Å². The minimum atomic E-state index is 0. The van der Waals surface area contributed by atoms with Gasteiger partial charge in [-0.3, -0.25) is 9.88 Å². The van der Waals surface area contributed by atoms with E-state index in [-0.39, 0.29) is 30.9 Å². The highest BCUT2D eigenvalue weighted by Crippen LogP contribution is 2.29. The molecule has 0 radical (unpaired) electrons. The molecule has 1 fully saturated rings. The van der Waals surface area contributed by atoms with E-state index in [4.69, 9.17) is 10.5 Å². The number of ether oxygens (including phenoxy) is 1. The standard InChI is InChI=1S/C19H25N3O.2ClH/c1-13-9-21-18(14(2)19(13)23-3)12-22-10-16(17(20)11-22)15-7-5-4-6-8-15;;/h4-9,16-17H,10-12,20H2,1-3H3;2*1H/t16-,17+;;/m0../s1. The van der Waals surface area contributed by atoms with Gasteiger partial charge in [-0.25, -0.2) is 0 Å². The third-order valence-corrected chi connectivity index (χ3v) is 4.79. The van der Waals surface area contributed by atoms with Crippen LogP contribution in [-0.2, 0) is 6.54 Å². The molecule has 0 aliphatic carbocycles. The largest absolute Gasteiger partial charge is 0.496 e. The van der Waals surface area contributed by atoms with Crippen LogP contribution in [0.3, 0.4) is 0 Å². The number of methoxy groups -OCH3 is 1. The Balaban J connectivity index is 0.00000156. The van der Waals surface area contributed by atoms with Gasteiger partial charge in [-0.1, -0.05) is 30.3 Å². The second-order valence-electron chi connectivity index (χ2n) is 6.42. The van der Waals surface area contributed by atoms with Crippen molar-refractivity contribution in [1.82, 2.24) is 9.88 Å². The van der Waals surface area contributed by atoms with Crippen molar-refractivity contribution in [3.05, 3.63) is 58.9 Å². The summed E-state index contributed by atoms with van der Waals surface area (Å²) in [7, 11) is 1.72. The van der Waals surface area contributed by atoms with Gasteiger partial charge in [0.05, 0.1) is 12.8 Å². The van der Waals surface area contributed by atoms with Crippen molar-refractivity contribution in [2.75, 3.05) is 20.2 Å². The predicted octanol–water partition coefficient (Wildman–Crippen LogP) is 3.48. The fourth-order valence-corrected chi connectivity index (χ4v) is 3.54. The number of halogens is 2. The Morgan fingerprint density at radius 3 is 2.48 bits per heavy atom. The number of nitrogens with two attached hydrogens (primary N) is 1. The number of hydrogen-bond donors (Lipinski definition) is 1. The minimum absolute atomic E-state index is 0. The van der Waals surface area contributed by atoms with Gasteiger partial charge in [0.25, 0.3) is 0 Å². The first kappa shape index (κ1) is 21.7. The van der Waals surface area contributed by atoms with Crippen molar-refractivity contribution in [2.45, 2.75) is 32.4 Å². The highest BCUT2D eigenvalue weighted by atomic mass is 35.5. The molecule has 2 heterocycles. The quantitative estimate of drug-likeness (QED) is 0.877. The summed E-state index contributed by atoms with van der Waals surface area (Å²) in [6, 6.07) is 10.7. The van der Waals surface area contributed by atoms with Gasteiger partial charge < -0.3 is 10.5 Å². The molecule has 2 N–H and O–H groups in total. The smallest absolute Gasteiger partial charge is 0.128 e. The summed E-state index contributed by atoms with van der Waals surface area (Å²) >= 11 is 0. The van der Waals surface area contributed by atoms with Crippen LogP contribution < -0.4 is 10.5 Å². The minimum Gasteiger partial charge on any atom is -0.496 e. The van der Waals surface area contributed by atoms with Crippen LogP contribution in [0.25, 0.3) is 0 Å². The molecule has 25 heavy (non-hydrogen) atoms. The summed E-state index contributed by atoms with van der Waals surface area (Å²) in [6.45, 7) is 6.80. The Morgan fingerprint density at radius 2 is 1.84 bits per heavy atom. The average Bonchev–Trinajstić information content (AvgIpc) is 2.92. The van der Waals surface area contributed by atoms with Gasteiger partial charge >= 0.3 is 0 Å². The molecule has 4 nitrogen and oxygen atoms in total. The number of nitrogens with zero attached hydrogens (tertiary/aromatic N) is 2. The van der Waals surface area contributed by atoms with E-state index in [9.17, 15) is 0 Å². The zero-order valence-corrected chi connectivity index (χ0v) is 16.6. The number of aryl methyl sites for hydroxylation is 1. The number of pyridine rings is 1. The molecule has 1 aliphatic rings. The first-order valence-electron chi connectivity index (χ1n) is 8.12.